The van der Waals surface area contributed by atoms with Crippen LogP contribution in [0.25, 0.3) is 0 Å². The van der Waals surface area contributed by atoms with E-state index in [1.54, 1.807) is 6.07 Å². The second kappa shape index (κ2) is 6.04. The molecule has 0 amide bonds. The summed E-state index contributed by atoms with van der Waals surface area (Å²) in [5, 5.41) is 3.37. The third-order valence-electron chi connectivity index (χ3n) is 2.82. The van der Waals surface area contributed by atoms with Gasteiger partial charge in [-0.3, -0.25) is 0 Å². The van der Waals surface area contributed by atoms with E-state index >= 15 is 0 Å². The molecule has 0 aromatic heterocycles. The van der Waals surface area contributed by atoms with Crippen molar-refractivity contribution >= 4 is 0 Å². The van der Waals surface area contributed by atoms with Crippen molar-refractivity contribution in [2.75, 3.05) is 6.54 Å². The molecule has 0 bridgehead atoms. The molecule has 0 saturated carbocycles. The van der Waals surface area contributed by atoms with Crippen LogP contribution in [0.15, 0.2) is 18.2 Å². The van der Waals surface area contributed by atoms with Crippen LogP contribution in [0.2, 0.25) is 0 Å². The number of rotatable bonds is 4. The van der Waals surface area contributed by atoms with Crippen LogP contribution in [0.3, 0.4) is 0 Å². The van der Waals surface area contributed by atoms with Gasteiger partial charge in [-0.1, -0.05) is 53.7 Å². The van der Waals surface area contributed by atoms with Crippen molar-refractivity contribution in [2.24, 2.45) is 10.8 Å². The molecule has 0 atom stereocenters. The van der Waals surface area contributed by atoms with Crippen molar-refractivity contribution < 1.29 is 4.39 Å². The van der Waals surface area contributed by atoms with Crippen molar-refractivity contribution in [3.63, 3.8) is 0 Å². The van der Waals surface area contributed by atoms with Crippen LogP contribution in [-0.4, -0.2) is 6.54 Å². The second-order valence-corrected chi connectivity index (χ2v) is 7.83. The van der Waals surface area contributed by atoms with Crippen LogP contribution in [0.1, 0.15) is 52.7 Å². The highest BCUT2D eigenvalue weighted by atomic mass is 19.1. The molecule has 0 radical (unpaired) electrons. The molecule has 0 aliphatic heterocycles. The molecule has 1 aromatic carbocycles. The molecule has 0 spiro atoms. The van der Waals surface area contributed by atoms with Crippen LogP contribution < -0.4 is 5.32 Å². The summed E-state index contributed by atoms with van der Waals surface area (Å²) in [6, 6.07) is 5.62. The van der Waals surface area contributed by atoms with Crippen LogP contribution in [0, 0.1) is 16.6 Å². The minimum Gasteiger partial charge on any atom is -0.312 e. The lowest BCUT2D eigenvalue weighted by atomic mass is 9.87. The van der Waals surface area contributed by atoms with Crippen LogP contribution in [0.4, 0.5) is 4.39 Å². The first-order valence-corrected chi connectivity index (χ1v) is 7.05. The van der Waals surface area contributed by atoms with Gasteiger partial charge in [-0.2, -0.15) is 0 Å². The number of nitrogens with one attached hydrogen (secondary N) is 1. The predicted molar refractivity (Wildman–Crippen MR) is 80.7 cm³/mol. The van der Waals surface area contributed by atoms with E-state index in [4.69, 9.17) is 0 Å². The largest absolute Gasteiger partial charge is 0.312 e. The zero-order valence-corrected chi connectivity index (χ0v) is 13.2. The van der Waals surface area contributed by atoms with E-state index in [9.17, 15) is 4.39 Å². The Labute approximate surface area is 117 Å². The zero-order valence-electron chi connectivity index (χ0n) is 13.2. The van der Waals surface area contributed by atoms with Crippen molar-refractivity contribution in [1.29, 1.82) is 0 Å². The number of benzene rings is 1. The summed E-state index contributed by atoms with van der Waals surface area (Å²) in [7, 11) is 0. The first kappa shape index (κ1) is 16.2. The average Bonchev–Trinajstić information content (AvgIpc) is 2.18. The van der Waals surface area contributed by atoms with E-state index in [2.05, 4.69) is 46.9 Å². The van der Waals surface area contributed by atoms with Crippen LogP contribution in [0.5, 0.6) is 0 Å². The SMILES string of the molecule is CC(C)(C)CNCc1ccc(CC(C)(C)C)c(F)c1. The third kappa shape index (κ3) is 6.72. The van der Waals surface area contributed by atoms with Crippen molar-refractivity contribution in [1.82, 2.24) is 5.32 Å². The Morgan fingerprint density at radius 2 is 1.63 bits per heavy atom. The van der Waals surface area contributed by atoms with Crippen molar-refractivity contribution in [2.45, 2.75) is 54.5 Å². The van der Waals surface area contributed by atoms with E-state index in [0.717, 1.165) is 30.6 Å². The van der Waals surface area contributed by atoms with Gasteiger partial charge in [-0.15, -0.1) is 0 Å². The molecule has 0 unspecified atom stereocenters. The summed E-state index contributed by atoms with van der Waals surface area (Å²) in [5.41, 5.74) is 2.20. The van der Waals surface area contributed by atoms with Gasteiger partial charge in [0.25, 0.3) is 0 Å². The molecule has 1 rings (SSSR count). The molecule has 0 saturated heterocycles. The smallest absolute Gasteiger partial charge is 0.126 e. The summed E-state index contributed by atoms with van der Waals surface area (Å²) < 4.78 is 14.0. The first-order valence-electron chi connectivity index (χ1n) is 7.05. The highest BCUT2D eigenvalue weighted by molar-refractivity contribution is 5.25. The maximum Gasteiger partial charge on any atom is 0.126 e. The average molecular weight is 265 g/mol. The molecular formula is C17H28FN. The molecule has 1 aromatic rings. The van der Waals surface area contributed by atoms with Gasteiger partial charge < -0.3 is 5.32 Å². The summed E-state index contributed by atoms with van der Waals surface area (Å²) in [5.74, 6) is -0.0787. The Kier molecular flexibility index (Phi) is 5.14. The maximum absolute atomic E-state index is 14.0. The highest BCUT2D eigenvalue weighted by Gasteiger charge is 2.14. The van der Waals surface area contributed by atoms with Crippen LogP contribution >= 0.6 is 0 Å². The molecule has 108 valence electrons. The van der Waals surface area contributed by atoms with Gasteiger partial charge in [0.1, 0.15) is 5.82 Å². The Balaban J connectivity index is 2.62. The van der Waals surface area contributed by atoms with Gasteiger partial charge in [0.05, 0.1) is 0 Å². The Hall–Kier alpha value is -0.890. The van der Waals surface area contributed by atoms with Gasteiger partial charge in [-0.05, 0) is 34.4 Å². The molecule has 2 heteroatoms. The third-order valence-corrected chi connectivity index (χ3v) is 2.82. The number of halogens is 1. The lowest BCUT2D eigenvalue weighted by Gasteiger charge is -2.20. The fraction of sp³-hybridized carbons (Fsp3) is 0.647. The summed E-state index contributed by atoms with van der Waals surface area (Å²) >= 11 is 0. The number of hydrogen-bond donors (Lipinski definition) is 1. The molecule has 19 heavy (non-hydrogen) atoms. The lowest BCUT2D eigenvalue weighted by Crippen LogP contribution is -2.26. The van der Waals surface area contributed by atoms with E-state index in [1.807, 2.05) is 12.1 Å². The monoisotopic (exact) mass is 265 g/mol. The van der Waals surface area contributed by atoms with Gasteiger partial charge in [0.15, 0.2) is 0 Å². The first-order chi connectivity index (χ1) is 8.57. The molecule has 1 N–H and O–H groups in total. The molecule has 1 nitrogen and oxygen atoms in total. The Bertz CT molecular complexity index is 410. The highest BCUT2D eigenvalue weighted by Crippen LogP contribution is 2.23. The fourth-order valence-electron chi connectivity index (χ4n) is 2.00. The molecule has 0 aliphatic carbocycles. The quantitative estimate of drug-likeness (QED) is 0.842. The minimum atomic E-state index is -0.0787. The van der Waals surface area contributed by atoms with Crippen molar-refractivity contribution in [3.05, 3.63) is 35.1 Å². The number of hydrogen-bond acceptors (Lipinski definition) is 1. The topological polar surface area (TPSA) is 12.0 Å². The summed E-state index contributed by atoms with van der Waals surface area (Å²) in [4.78, 5) is 0. The second-order valence-electron chi connectivity index (χ2n) is 7.83. The summed E-state index contributed by atoms with van der Waals surface area (Å²) in [6.45, 7) is 14.6. The molecular weight excluding hydrogens is 237 g/mol. The van der Waals surface area contributed by atoms with Gasteiger partial charge >= 0.3 is 0 Å². The normalized spacial score (nSPS) is 12.8. The predicted octanol–water partition coefficient (Wildman–Crippen LogP) is 4.55. The standard InChI is InChI=1S/C17H28FN/c1-16(2,3)10-14-8-7-13(9-15(14)18)11-19-12-17(4,5)6/h7-9,19H,10-12H2,1-6H3. The maximum atomic E-state index is 14.0. The van der Waals surface area contributed by atoms with Gasteiger partial charge in [-0.25, -0.2) is 4.39 Å². The Morgan fingerprint density at radius 3 is 2.11 bits per heavy atom. The zero-order chi connectivity index (χ0) is 14.7. The Morgan fingerprint density at radius 1 is 1.00 bits per heavy atom. The molecule has 0 aliphatic rings. The van der Waals surface area contributed by atoms with E-state index in [1.165, 1.54) is 0 Å². The van der Waals surface area contributed by atoms with Gasteiger partial charge in [0, 0.05) is 13.1 Å². The molecule has 0 fully saturated rings. The fourth-order valence-corrected chi connectivity index (χ4v) is 2.00. The van der Waals surface area contributed by atoms with E-state index in [0.29, 0.717) is 0 Å². The lowest BCUT2D eigenvalue weighted by molar-refractivity contribution is 0.379. The van der Waals surface area contributed by atoms with E-state index in [-0.39, 0.29) is 16.6 Å². The van der Waals surface area contributed by atoms with Crippen molar-refractivity contribution in [3.8, 4) is 0 Å². The van der Waals surface area contributed by atoms with Crippen LogP contribution in [-0.2, 0) is 13.0 Å². The summed E-state index contributed by atoms with van der Waals surface area (Å²) in [6.07, 6.45) is 0.772. The minimum absolute atomic E-state index is 0.0787. The van der Waals surface area contributed by atoms with Gasteiger partial charge in [0.2, 0.25) is 0 Å². The molecule has 0 heterocycles. The van der Waals surface area contributed by atoms with E-state index < -0.39 is 0 Å².